The maximum atomic E-state index is 10.4. The molecule has 2 N–H and O–H groups in total. The van der Waals surface area contributed by atoms with Gasteiger partial charge in [-0.1, -0.05) is 29.8 Å². The van der Waals surface area contributed by atoms with Gasteiger partial charge in [0.25, 0.3) is 0 Å². The molecular formula is C14H21NO. The summed E-state index contributed by atoms with van der Waals surface area (Å²) >= 11 is 0. The first-order valence-corrected chi connectivity index (χ1v) is 6.17. The number of rotatable bonds is 3. The van der Waals surface area contributed by atoms with E-state index in [1.807, 2.05) is 0 Å². The third kappa shape index (κ3) is 3.06. The minimum atomic E-state index is -0.436. The van der Waals surface area contributed by atoms with Crippen molar-refractivity contribution < 1.29 is 5.11 Å². The van der Waals surface area contributed by atoms with Crippen molar-refractivity contribution in [1.29, 1.82) is 0 Å². The lowest BCUT2D eigenvalue weighted by Crippen LogP contribution is -2.42. The van der Waals surface area contributed by atoms with Gasteiger partial charge in [0.1, 0.15) is 0 Å². The average molecular weight is 219 g/mol. The molecule has 0 aliphatic carbocycles. The Kier molecular flexibility index (Phi) is 3.62. The number of piperidine rings is 1. The van der Waals surface area contributed by atoms with E-state index in [0.717, 1.165) is 38.8 Å². The van der Waals surface area contributed by atoms with Crippen molar-refractivity contribution in [3.05, 3.63) is 35.4 Å². The van der Waals surface area contributed by atoms with Crippen LogP contribution in [0, 0.1) is 6.92 Å². The molecule has 1 heterocycles. The molecule has 0 unspecified atom stereocenters. The normalized spacial score (nSPS) is 19.6. The Balaban J connectivity index is 1.91. The summed E-state index contributed by atoms with van der Waals surface area (Å²) in [4.78, 5) is 0. The number of nitrogens with one attached hydrogen (secondary N) is 1. The van der Waals surface area contributed by atoms with E-state index in [1.54, 1.807) is 0 Å². The van der Waals surface area contributed by atoms with Gasteiger partial charge in [-0.3, -0.25) is 0 Å². The van der Waals surface area contributed by atoms with Crippen LogP contribution in [0.25, 0.3) is 0 Å². The van der Waals surface area contributed by atoms with Crippen molar-refractivity contribution >= 4 is 0 Å². The van der Waals surface area contributed by atoms with Gasteiger partial charge < -0.3 is 10.4 Å². The fourth-order valence-electron chi connectivity index (χ4n) is 2.39. The highest BCUT2D eigenvalue weighted by Gasteiger charge is 2.28. The first-order chi connectivity index (χ1) is 7.68. The van der Waals surface area contributed by atoms with Crippen LogP contribution in [0.1, 0.15) is 30.4 Å². The number of aliphatic hydroxyl groups is 1. The van der Waals surface area contributed by atoms with Crippen LogP contribution in [-0.2, 0) is 6.42 Å². The zero-order chi connectivity index (χ0) is 11.4. The molecule has 2 nitrogen and oxygen atoms in total. The van der Waals surface area contributed by atoms with Gasteiger partial charge in [-0.05, 0) is 51.3 Å². The molecule has 0 bridgehead atoms. The molecule has 0 spiro atoms. The summed E-state index contributed by atoms with van der Waals surface area (Å²) in [5.41, 5.74) is 2.20. The van der Waals surface area contributed by atoms with E-state index >= 15 is 0 Å². The van der Waals surface area contributed by atoms with Gasteiger partial charge in [0, 0.05) is 0 Å². The summed E-state index contributed by atoms with van der Waals surface area (Å²) in [6.07, 6.45) is 3.65. The zero-order valence-corrected chi connectivity index (χ0v) is 10.00. The minimum Gasteiger partial charge on any atom is -0.390 e. The van der Waals surface area contributed by atoms with Crippen LogP contribution in [-0.4, -0.2) is 23.8 Å². The molecule has 88 valence electrons. The van der Waals surface area contributed by atoms with E-state index in [-0.39, 0.29) is 0 Å². The fourth-order valence-corrected chi connectivity index (χ4v) is 2.39. The number of aryl methyl sites for hydroxylation is 2. The SMILES string of the molecule is Cc1cccc(CCC2(O)CCNCC2)c1. The van der Waals surface area contributed by atoms with Crippen LogP contribution < -0.4 is 5.32 Å². The van der Waals surface area contributed by atoms with Crippen molar-refractivity contribution in [3.8, 4) is 0 Å². The van der Waals surface area contributed by atoms with Crippen molar-refractivity contribution in [1.82, 2.24) is 5.32 Å². The van der Waals surface area contributed by atoms with Gasteiger partial charge in [0.15, 0.2) is 0 Å². The molecule has 2 heteroatoms. The van der Waals surface area contributed by atoms with E-state index in [9.17, 15) is 5.11 Å². The second kappa shape index (κ2) is 4.98. The van der Waals surface area contributed by atoms with Crippen LogP contribution in [0.15, 0.2) is 24.3 Å². The average Bonchev–Trinajstić information content (AvgIpc) is 2.28. The fraction of sp³-hybridized carbons (Fsp3) is 0.571. The van der Waals surface area contributed by atoms with Crippen molar-refractivity contribution in [2.75, 3.05) is 13.1 Å². The van der Waals surface area contributed by atoms with Gasteiger partial charge >= 0.3 is 0 Å². The molecule has 1 aromatic rings. The molecular weight excluding hydrogens is 198 g/mol. The summed E-state index contributed by atoms with van der Waals surface area (Å²) in [5.74, 6) is 0. The van der Waals surface area contributed by atoms with Crippen LogP contribution in [0.2, 0.25) is 0 Å². The quantitative estimate of drug-likeness (QED) is 0.815. The highest BCUT2D eigenvalue weighted by atomic mass is 16.3. The smallest absolute Gasteiger partial charge is 0.0675 e. The zero-order valence-electron chi connectivity index (χ0n) is 10.00. The van der Waals surface area contributed by atoms with Crippen LogP contribution >= 0.6 is 0 Å². The Morgan fingerprint density at radius 3 is 2.75 bits per heavy atom. The maximum Gasteiger partial charge on any atom is 0.0675 e. The lowest BCUT2D eigenvalue weighted by molar-refractivity contribution is 0.00281. The molecule has 1 aromatic carbocycles. The van der Waals surface area contributed by atoms with Gasteiger partial charge in [0.2, 0.25) is 0 Å². The van der Waals surface area contributed by atoms with Crippen molar-refractivity contribution in [2.24, 2.45) is 0 Å². The molecule has 0 amide bonds. The monoisotopic (exact) mass is 219 g/mol. The van der Waals surface area contributed by atoms with Crippen LogP contribution in [0.5, 0.6) is 0 Å². The highest BCUT2D eigenvalue weighted by Crippen LogP contribution is 2.24. The predicted octanol–water partition coefficient (Wildman–Crippen LogP) is 2.04. The lowest BCUT2D eigenvalue weighted by atomic mass is 9.86. The minimum absolute atomic E-state index is 0.436. The maximum absolute atomic E-state index is 10.4. The molecule has 16 heavy (non-hydrogen) atoms. The Morgan fingerprint density at radius 1 is 1.31 bits per heavy atom. The molecule has 0 radical (unpaired) electrons. The largest absolute Gasteiger partial charge is 0.390 e. The van der Waals surface area contributed by atoms with E-state index in [1.165, 1.54) is 11.1 Å². The standard InChI is InChI=1S/C14H21NO/c1-12-3-2-4-13(11-12)5-6-14(16)7-9-15-10-8-14/h2-4,11,15-16H,5-10H2,1H3. The third-order valence-corrected chi connectivity index (χ3v) is 3.50. The summed E-state index contributed by atoms with van der Waals surface area (Å²) in [6, 6.07) is 8.57. The first kappa shape index (κ1) is 11.6. The highest BCUT2D eigenvalue weighted by molar-refractivity contribution is 5.22. The van der Waals surface area contributed by atoms with Crippen molar-refractivity contribution in [2.45, 2.75) is 38.2 Å². The third-order valence-electron chi connectivity index (χ3n) is 3.50. The summed E-state index contributed by atoms with van der Waals surface area (Å²) < 4.78 is 0. The topological polar surface area (TPSA) is 32.3 Å². The predicted molar refractivity (Wildman–Crippen MR) is 66.6 cm³/mol. The molecule has 0 aromatic heterocycles. The Bertz CT molecular complexity index is 342. The summed E-state index contributed by atoms with van der Waals surface area (Å²) in [5, 5.41) is 13.6. The van der Waals surface area contributed by atoms with E-state index < -0.39 is 5.60 Å². The van der Waals surface area contributed by atoms with Gasteiger partial charge in [0.05, 0.1) is 5.60 Å². The van der Waals surface area contributed by atoms with E-state index in [2.05, 4.69) is 36.5 Å². The van der Waals surface area contributed by atoms with Gasteiger partial charge in [-0.2, -0.15) is 0 Å². The van der Waals surface area contributed by atoms with Gasteiger partial charge in [-0.15, -0.1) is 0 Å². The first-order valence-electron chi connectivity index (χ1n) is 6.17. The molecule has 1 aliphatic heterocycles. The molecule has 1 fully saturated rings. The molecule has 2 rings (SSSR count). The molecule has 0 saturated carbocycles. The Hall–Kier alpha value is -0.860. The Labute approximate surface area is 97.7 Å². The Morgan fingerprint density at radius 2 is 2.06 bits per heavy atom. The molecule has 1 aliphatic rings. The van der Waals surface area contributed by atoms with Crippen LogP contribution in [0.4, 0.5) is 0 Å². The molecule has 1 saturated heterocycles. The van der Waals surface area contributed by atoms with Crippen LogP contribution in [0.3, 0.4) is 0 Å². The summed E-state index contributed by atoms with van der Waals surface area (Å²) in [6.45, 7) is 4.01. The molecule has 0 atom stereocenters. The summed E-state index contributed by atoms with van der Waals surface area (Å²) in [7, 11) is 0. The second-order valence-electron chi connectivity index (χ2n) is 4.96. The number of hydrogen-bond acceptors (Lipinski definition) is 2. The second-order valence-corrected chi connectivity index (χ2v) is 4.96. The number of hydrogen-bond donors (Lipinski definition) is 2. The van der Waals surface area contributed by atoms with Gasteiger partial charge in [-0.25, -0.2) is 0 Å². The lowest BCUT2D eigenvalue weighted by Gasteiger charge is -2.32. The van der Waals surface area contributed by atoms with E-state index in [0.29, 0.717) is 0 Å². The van der Waals surface area contributed by atoms with E-state index in [4.69, 9.17) is 0 Å². The van der Waals surface area contributed by atoms with Crippen molar-refractivity contribution in [3.63, 3.8) is 0 Å². The number of benzene rings is 1.